The second-order valence-corrected chi connectivity index (χ2v) is 9.17. The summed E-state index contributed by atoms with van der Waals surface area (Å²) in [5.74, 6) is -0.283. The predicted molar refractivity (Wildman–Crippen MR) is 128 cm³/mol. The Balaban J connectivity index is 1.44. The first-order valence-corrected chi connectivity index (χ1v) is 12.2. The van der Waals surface area contributed by atoms with Crippen molar-refractivity contribution in [2.24, 2.45) is 0 Å². The molecule has 1 saturated carbocycles. The largest absolute Gasteiger partial charge is 0.376 e. The Morgan fingerprint density at radius 2 is 1.79 bits per heavy atom. The smallest absolute Gasteiger partial charge is 0.247 e. The summed E-state index contributed by atoms with van der Waals surface area (Å²) >= 11 is 0. The maximum absolute atomic E-state index is 13.9. The third kappa shape index (κ3) is 4.82. The minimum Gasteiger partial charge on any atom is -0.376 e. The number of nitrogens with one attached hydrogen (secondary N) is 1. The highest BCUT2D eigenvalue weighted by Gasteiger charge is 2.38. The number of carbonyl (C=O) groups excluding carboxylic acids is 2. The fraction of sp³-hybridized carbons (Fsp3) is 0.462. The molecule has 0 radical (unpaired) electrons. The molecule has 178 valence electrons. The number of hydrogen-bond acceptors (Lipinski definition) is 5. The number of amides is 2. The van der Waals surface area contributed by atoms with Crippen LogP contribution in [-0.2, 0) is 20.9 Å². The zero-order valence-electron chi connectivity index (χ0n) is 19.3. The Labute approximate surface area is 199 Å². The number of carbonyl (C=O) groups is 2. The van der Waals surface area contributed by atoms with Crippen LogP contribution in [-0.4, -0.2) is 57.0 Å². The van der Waals surface area contributed by atoms with Crippen molar-refractivity contribution in [1.29, 1.82) is 0 Å². The molecule has 1 aromatic heterocycles. The van der Waals surface area contributed by atoms with Gasteiger partial charge in [0.1, 0.15) is 18.1 Å². The first kappa shape index (κ1) is 22.5. The van der Waals surface area contributed by atoms with Gasteiger partial charge in [-0.05, 0) is 43.4 Å². The topological polar surface area (TPSA) is 89.4 Å². The highest BCUT2D eigenvalue weighted by Crippen LogP contribution is 2.32. The summed E-state index contributed by atoms with van der Waals surface area (Å²) in [7, 11) is 0. The molecule has 8 heteroatoms. The summed E-state index contributed by atoms with van der Waals surface area (Å²) in [4.78, 5) is 29.3. The van der Waals surface area contributed by atoms with E-state index in [9.17, 15) is 9.59 Å². The third-order valence-corrected chi connectivity index (χ3v) is 6.88. The van der Waals surface area contributed by atoms with Gasteiger partial charge in [0.15, 0.2) is 0 Å². The molecule has 0 spiro atoms. The molecule has 2 atom stereocenters. The molecule has 2 heterocycles. The van der Waals surface area contributed by atoms with E-state index >= 15 is 0 Å². The van der Waals surface area contributed by atoms with Crippen molar-refractivity contribution in [3.63, 3.8) is 0 Å². The standard InChI is InChI=1S/C26H31N5O3/c32-24(18-30-23-15-7-6-14-22(23)28-29-30)31(20-11-4-5-12-20)25(19-9-2-1-3-10-19)26(33)27-17-21-13-8-16-34-21/h1-3,6-7,9-10,14-15,20-21,25H,4-5,8,11-13,16-18H2,(H,27,33)/t21-,25+/m1/s1. The molecule has 3 aromatic rings. The molecule has 1 N–H and O–H groups in total. The van der Waals surface area contributed by atoms with Crippen LogP contribution in [0.2, 0.25) is 0 Å². The van der Waals surface area contributed by atoms with Gasteiger partial charge in [-0.15, -0.1) is 5.10 Å². The van der Waals surface area contributed by atoms with Gasteiger partial charge in [0.25, 0.3) is 0 Å². The lowest BCUT2D eigenvalue weighted by molar-refractivity contribution is -0.144. The molecule has 2 aromatic carbocycles. The van der Waals surface area contributed by atoms with Crippen LogP contribution in [0.5, 0.6) is 0 Å². The van der Waals surface area contributed by atoms with E-state index in [2.05, 4.69) is 15.6 Å². The van der Waals surface area contributed by atoms with Crippen LogP contribution in [0.4, 0.5) is 0 Å². The van der Waals surface area contributed by atoms with E-state index in [1.54, 1.807) is 4.68 Å². The molecule has 8 nitrogen and oxygen atoms in total. The summed E-state index contributed by atoms with van der Waals surface area (Å²) < 4.78 is 7.32. The van der Waals surface area contributed by atoms with Crippen molar-refractivity contribution in [2.45, 2.75) is 63.3 Å². The van der Waals surface area contributed by atoms with E-state index in [1.807, 2.05) is 59.5 Å². The number of benzene rings is 2. The predicted octanol–water partition coefficient (Wildman–Crippen LogP) is 3.24. The summed E-state index contributed by atoms with van der Waals surface area (Å²) in [6.45, 7) is 1.24. The zero-order valence-corrected chi connectivity index (χ0v) is 19.3. The fourth-order valence-corrected chi connectivity index (χ4v) is 5.17. The molecule has 2 fully saturated rings. The van der Waals surface area contributed by atoms with Crippen molar-refractivity contribution in [3.05, 3.63) is 60.2 Å². The molecule has 1 aliphatic heterocycles. The second kappa shape index (κ2) is 10.3. The number of aromatic nitrogens is 3. The number of hydrogen-bond donors (Lipinski definition) is 1. The molecule has 5 rings (SSSR count). The monoisotopic (exact) mass is 461 g/mol. The summed E-state index contributed by atoms with van der Waals surface area (Å²) in [5.41, 5.74) is 2.37. The van der Waals surface area contributed by atoms with Gasteiger partial charge in [-0.3, -0.25) is 9.59 Å². The van der Waals surface area contributed by atoms with Crippen molar-refractivity contribution < 1.29 is 14.3 Å². The number of ether oxygens (including phenoxy) is 1. The Bertz CT molecular complexity index is 1120. The zero-order chi connectivity index (χ0) is 23.3. The maximum atomic E-state index is 13.9. The minimum absolute atomic E-state index is 0.0148. The van der Waals surface area contributed by atoms with E-state index in [0.29, 0.717) is 6.54 Å². The van der Waals surface area contributed by atoms with Gasteiger partial charge >= 0.3 is 0 Å². The highest BCUT2D eigenvalue weighted by atomic mass is 16.5. The SMILES string of the molecule is O=C(NC[C@H]1CCCO1)[C@H](c1ccccc1)N(C(=O)Cn1nnc2ccccc21)C1CCCC1. The highest BCUT2D eigenvalue weighted by molar-refractivity contribution is 5.89. The molecular formula is C26H31N5O3. The van der Waals surface area contributed by atoms with Gasteiger partial charge in [-0.1, -0.05) is 60.5 Å². The van der Waals surface area contributed by atoms with E-state index < -0.39 is 6.04 Å². The maximum Gasteiger partial charge on any atom is 0.247 e. The summed E-state index contributed by atoms with van der Waals surface area (Å²) in [6.07, 6.45) is 5.90. The number of rotatable bonds is 8. The minimum atomic E-state index is -0.701. The first-order chi connectivity index (χ1) is 16.7. The van der Waals surface area contributed by atoms with Crippen molar-refractivity contribution in [1.82, 2.24) is 25.2 Å². The van der Waals surface area contributed by atoms with Gasteiger partial charge < -0.3 is 15.0 Å². The molecule has 34 heavy (non-hydrogen) atoms. The Hall–Kier alpha value is -3.26. The number of fused-ring (bicyclic) bond motifs is 1. The van der Waals surface area contributed by atoms with Crippen LogP contribution in [0.15, 0.2) is 54.6 Å². The molecule has 2 aliphatic rings. The molecule has 0 unspecified atom stereocenters. The van der Waals surface area contributed by atoms with E-state index in [-0.39, 0.29) is 30.5 Å². The van der Waals surface area contributed by atoms with Crippen molar-refractivity contribution >= 4 is 22.8 Å². The third-order valence-electron chi connectivity index (χ3n) is 6.88. The molecule has 0 bridgehead atoms. The van der Waals surface area contributed by atoms with Crippen LogP contribution < -0.4 is 5.32 Å². The lowest BCUT2D eigenvalue weighted by Crippen LogP contribution is -2.50. The van der Waals surface area contributed by atoms with Crippen molar-refractivity contribution in [3.8, 4) is 0 Å². The Morgan fingerprint density at radius 1 is 1.03 bits per heavy atom. The Morgan fingerprint density at radius 3 is 2.56 bits per heavy atom. The van der Waals surface area contributed by atoms with Gasteiger partial charge in [0.05, 0.1) is 11.6 Å². The van der Waals surface area contributed by atoms with Crippen LogP contribution in [0.25, 0.3) is 11.0 Å². The molecular weight excluding hydrogens is 430 g/mol. The van der Waals surface area contributed by atoms with Crippen molar-refractivity contribution in [2.75, 3.05) is 13.2 Å². The lowest BCUT2D eigenvalue weighted by atomic mass is 10.0. The fourth-order valence-electron chi connectivity index (χ4n) is 5.17. The van der Waals surface area contributed by atoms with Crippen LogP contribution in [0.3, 0.4) is 0 Å². The average Bonchev–Trinajstić information content (AvgIpc) is 3.64. The quantitative estimate of drug-likeness (QED) is 0.556. The van der Waals surface area contributed by atoms with Crippen LogP contribution in [0.1, 0.15) is 50.1 Å². The van der Waals surface area contributed by atoms with Crippen LogP contribution >= 0.6 is 0 Å². The van der Waals surface area contributed by atoms with E-state index in [1.165, 1.54) is 0 Å². The normalized spacial score (nSPS) is 19.4. The summed E-state index contributed by atoms with van der Waals surface area (Å²) in [6, 6.07) is 16.5. The summed E-state index contributed by atoms with van der Waals surface area (Å²) in [5, 5.41) is 11.5. The van der Waals surface area contributed by atoms with Gasteiger partial charge in [0.2, 0.25) is 11.8 Å². The molecule has 2 amide bonds. The lowest BCUT2D eigenvalue weighted by Gasteiger charge is -2.36. The van der Waals surface area contributed by atoms with Gasteiger partial charge in [-0.2, -0.15) is 0 Å². The van der Waals surface area contributed by atoms with E-state index in [4.69, 9.17) is 4.74 Å². The average molecular weight is 462 g/mol. The first-order valence-electron chi connectivity index (χ1n) is 12.2. The molecule has 1 aliphatic carbocycles. The van der Waals surface area contributed by atoms with Crippen LogP contribution in [0, 0.1) is 0 Å². The molecule has 1 saturated heterocycles. The number of para-hydroxylation sites is 1. The van der Waals surface area contributed by atoms with E-state index in [0.717, 1.165) is 61.7 Å². The Kier molecular flexibility index (Phi) is 6.85. The van der Waals surface area contributed by atoms with Gasteiger partial charge in [-0.25, -0.2) is 4.68 Å². The van der Waals surface area contributed by atoms with Gasteiger partial charge in [0, 0.05) is 19.2 Å². The number of nitrogens with zero attached hydrogens (tertiary/aromatic N) is 4. The second-order valence-electron chi connectivity index (χ2n) is 9.17.